The summed E-state index contributed by atoms with van der Waals surface area (Å²) in [6.07, 6.45) is 2.12. The van der Waals surface area contributed by atoms with Crippen LogP contribution in [0.5, 0.6) is 0 Å². The molecule has 0 amide bonds. The van der Waals surface area contributed by atoms with E-state index in [2.05, 4.69) is 31.2 Å². The Balaban J connectivity index is 2.91. The summed E-state index contributed by atoms with van der Waals surface area (Å²) in [6.45, 7) is 4.16. The molecule has 0 saturated heterocycles. The van der Waals surface area contributed by atoms with Crippen molar-refractivity contribution in [2.45, 2.75) is 25.9 Å². The largest absolute Gasteiger partial charge is 0.370 e. The minimum atomic E-state index is 0.0236. The number of benzene rings is 1. The van der Waals surface area contributed by atoms with Gasteiger partial charge in [-0.15, -0.1) is 0 Å². The molecule has 0 aromatic heterocycles. The molecule has 2 N–H and O–H groups in total. The van der Waals surface area contributed by atoms with Crippen molar-refractivity contribution in [1.29, 1.82) is 0 Å². The maximum absolute atomic E-state index is 6.31. The summed E-state index contributed by atoms with van der Waals surface area (Å²) >= 11 is 8.15. The van der Waals surface area contributed by atoms with Crippen LogP contribution in [0.1, 0.15) is 25.5 Å². The molecule has 0 spiro atoms. The van der Waals surface area contributed by atoms with Crippen LogP contribution < -0.4 is 10.6 Å². The first kappa shape index (κ1) is 14.7. The quantitative estimate of drug-likeness (QED) is 0.889. The SMILES string of the molecule is CSCC(C)N(C)c1ccc([C@@H](C)N)cc1Cl. The van der Waals surface area contributed by atoms with Crippen molar-refractivity contribution >= 4 is 29.1 Å². The Morgan fingerprint density at radius 3 is 2.53 bits per heavy atom. The zero-order chi connectivity index (χ0) is 13.0. The van der Waals surface area contributed by atoms with E-state index in [-0.39, 0.29) is 6.04 Å². The number of anilines is 1. The van der Waals surface area contributed by atoms with Crippen LogP contribution in [0.25, 0.3) is 0 Å². The number of hydrogen-bond donors (Lipinski definition) is 1. The highest BCUT2D eigenvalue weighted by Gasteiger charge is 2.13. The zero-order valence-electron chi connectivity index (χ0n) is 10.9. The third-order valence-corrected chi connectivity index (χ3v) is 4.07. The number of rotatable bonds is 5. The van der Waals surface area contributed by atoms with Crippen molar-refractivity contribution in [3.63, 3.8) is 0 Å². The third kappa shape index (κ3) is 3.80. The number of nitrogens with zero attached hydrogens (tertiary/aromatic N) is 1. The minimum absolute atomic E-state index is 0.0236. The van der Waals surface area contributed by atoms with Crippen LogP contribution in [-0.4, -0.2) is 25.1 Å². The van der Waals surface area contributed by atoms with Crippen LogP contribution in [0.15, 0.2) is 18.2 Å². The molecule has 0 aliphatic heterocycles. The number of hydrogen-bond acceptors (Lipinski definition) is 3. The molecule has 0 saturated carbocycles. The second-order valence-electron chi connectivity index (χ2n) is 4.41. The first-order chi connectivity index (χ1) is 7.97. The van der Waals surface area contributed by atoms with Gasteiger partial charge < -0.3 is 10.6 Å². The Bertz CT molecular complexity index is 368. The fraction of sp³-hybridized carbons (Fsp3) is 0.538. The van der Waals surface area contributed by atoms with Gasteiger partial charge in [0.1, 0.15) is 0 Å². The monoisotopic (exact) mass is 272 g/mol. The molecule has 1 aromatic carbocycles. The predicted molar refractivity (Wildman–Crippen MR) is 80.3 cm³/mol. The molecule has 1 rings (SSSR count). The Morgan fingerprint density at radius 1 is 1.41 bits per heavy atom. The fourth-order valence-corrected chi connectivity index (χ4v) is 2.71. The molecule has 17 heavy (non-hydrogen) atoms. The highest BCUT2D eigenvalue weighted by Crippen LogP contribution is 2.29. The van der Waals surface area contributed by atoms with E-state index in [4.69, 9.17) is 17.3 Å². The lowest BCUT2D eigenvalue weighted by atomic mass is 10.1. The molecule has 1 unspecified atom stereocenters. The zero-order valence-corrected chi connectivity index (χ0v) is 12.5. The van der Waals surface area contributed by atoms with E-state index in [1.54, 1.807) is 0 Å². The van der Waals surface area contributed by atoms with E-state index >= 15 is 0 Å². The Hall–Kier alpha value is -0.380. The molecule has 2 nitrogen and oxygen atoms in total. The molecule has 0 fully saturated rings. The molecular formula is C13H21ClN2S. The molecule has 2 atom stereocenters. The van der Waals surface area contributed by atoms with Gasteiger partial charge in [0.05, 0.1) is 10.7 Å². The van der Waals surface area contributed by atoms with Gasteiger partial charge in [0, 0.05) is 24.9 Å². The Morgan fingerprint density at radius 2 is 2.06 bits per heavy atom. The van der Waals surface area contributed by atoms with Gasteiger partial charge in [-0.2, -0.15) is 11.8 Å². The molecular weight excluding hydrogens is 252 g/mol. The van der Waals surface area contributed by atoms with E-state index in [0.29, 0.717) is 6.04 Å². The van der Waals surface area contributed by atoms with Gasteiger partial charge in [-0.3, -0.25) is 0 Å². The highest BCUT2D eigenvalue weighted by atomic mass is 35.5. The van der Waals surface area contributed by atoms with Crippen LogP contribution in [-0.2, 0) is 0 Å². The van der Waals surface area contributed by atoms with Gasteiger partial charge in [0.2, 0.25) is 0 Å². The Kier molecular flexibility index (Phi) is 5.63. The number of halogens is 1. The maximum atomic E-state index is 6.31. The summed E-state index contributed by atoms with van der Waals surface area (Å²) in [5.41, 5.74) is 7.98. The average Bonchev–Trinajstić information content (AvgIpc) is 2.28. The lowest BCUT2D eigenvalue weighted by Gasteiger charge is -2.27. The highest BCUT2D eigenvalue weighted by molar-refractivity contribution is 7.98. The topological polar surface area (TPSA) is 29.3 Å². The van der Waals surface area contributed by atoms with Crippen molar-refractivity contribution in [3.05, 3.63) is 28.8 Å². The molecule has 0 bridgehead atoms. The number of nitrogens with two attached hydrogens (primary N) is 1. The normalized spacial score (nSPS) is 14.5. The van der Waals surface area contributed by atoms with Crippen molar-refractivity contribution < 1.29 is 0 Å². The second-order valence-corrected chi connectivity index (χ2v) is 5.73. The Labute approximate surface area is 114 Å². The van der Waals surface area contributed by atoms with E-state index in [1.165, 1.54) is 0 Å². The molecule has 96 valence electrons. The minimum Gasteiger partial charge on any atom is -0.370 e. The lowest BCUT2D eigenvalue weighted by molar-refractivity contribution is 0.763. The molecule has 0 aliphatic carbocycles. The lowest BCUT2D eigenvalue weighted by Crippen LogP contribution is -2.31. The van der Waals surface area contributed by atoms with Crippen LogP contribution in [0, 0.1) is 0 Å². The first-order valence-electron chi connectivity index (χ1n) is 5.74. The summed E-state index contributed by atoms with van der Waals surface area (Å²) in [6, 6.07) is 6.55. The van der Waals surface area contributed by atoms with Crippen LogP contribution in [0.3, 0.4) is 0 Å². The van der Waals surface area contributed by atoms with Gasteiger partial charge in [-0.1, -0.05) is 17.7 Å². The standard InChI is InChI=1S/C13H21ClN2S/c1-9(8-17-4)16(3)13-6-5-11(10(2)15)7-12(13)14/h5-7,9-10H,8,15H2,1-4H3/t9?,10-/m1/s1. The van der Waals surface area contributed by atoms with Gasteiger partial charge in [0.15, 0.2) is 0 Å². The summed E-state index contributed by atoms with van der Waals surface area (Å²) in [4.78, 5) is 2.21. The van der Waals surface area contributed by atoms with E-state index in [1.807, 2.05) is 30.8 Å². The second kappa shape index (κ2) is 6.53. The molecule has 4 heteroatoms. The smallest absolute Gasteiger partial charge is 0.0642 e. The van der Waals surface area contributed by atoms with Gasteiger partial charge in [-0.25, -0.2) is 0 Å². The van der Waals surface area contributed by atoms with E-state index < -0.39 is 0 Å². The van der Waals surface area contributed by atoms with Gasteiger partial charge in [0.25, 0.3) is 0 Å². The summed E-state index contributed by atoms with van der Waals surface area (Å²) in [5, 5.41) is 0.773. The van der Waals surface area contributed by atoms with E-state index in [9.17, 15) is 0 Å². The van der Waals surface area contributed by atoms with Crippen LogP contribution >= 0.6 is 23.4 Å². The number of thioether (sulfide) groups is 1. The average molecular weight is 273 g/mol. The summed E-state index contributed by atoms with van der Waals surface area (Å²) < 4.78 is 0. The van der Waals surface area contributed by atoms with Gasteiger partial charge >= 0.3 is 0 Å². The van der Waals surface area contributed by atoms with Crippen molar-refractivity contribution in [2.24, 2.45) is 5.73 Å². The van der Waals surface area contributed by atoms with Crippen molar-refractivity contribution in [3.8, 4) is 0 Å². The molecule has 0 heterocycles. The first-order valence-corrected chi connectivity index (χ1v) is 7.51. The molecule has 0 radical (unpaired) electrons. The molecule has 1 aromatic rings. The fourth-order valence-electron chi connectivity index (χ4n) is 1.68. The van der Waals surface area contributed by atoms with Crippen LogP contribution in [0.4, 0.5) is 5.69 Å². The summed E-state index contributed by atoms with van der Waals surface area (Å²) in [7, 11) is 2.08. The van der Waals surface area contributed by atoms with E-state index in [0.717, 1.165) is 22.0 Å². The van der Waals surface area contributed by atoms with Gasteiger partial charge in [-0.05, 0) is 37.8 Å². The van der Waals surface area contributed by atoms with Crippen molar-refractivity contribution in [1.82, 2.24) is 0 Å². The van der Waals surface area contributed by atoms with Crippen molar-refractivity contribution in [2.75, 3.05) is 24.0 Å². The third-order valence-electron chi connectivity index (χ3n) is 2.95. The predicted octanol–water partition coefficient (Wildman–Crippen LogP) is 3.55. The molecule has 0 aliphatic rings. The summed E-state index contributed by atoms with van der Waals surface area (Å²) in [5.74, 6) is 1.09. The maximum Gasteiger partial charge on any atom is 0.0642 e. The van der Waals surface area contributed by atoms with Crippen LogP contribution in [0.2, 0.25) is 5.02 Å².